The molecule has 0 bridgehead atoms. The highest BCUT2D eigenvalue weighted by Crippen LogP contribution is 2.25. The fourth-order valence-corrected chi connectivity index (χ4v) is 5.13. The van der Waals surface area contributed by atoms with Crippen molar-refractivity contribution in [2.45, 2.75) is 103 Å². The smallest absolute Gasteiger partial charge is 0.410 e. The fraction of sp³-hybridized carbons (Fsp3) is 0.679. The Morgan fingerprint density at radius 3 is 2.20 bits per heavy atom. The van der Waals surface area contributed by atoms with Gasteiger partial charge in [-0.05, 0) is 37.7 Å². The molecule has 7 nitrogen and oxygen atoms in total. The summed E-state index contributed by atoms with van der Waals surface area (Å²) in [4.78, 5) is 42.2. The fourth-order valence-electron chi connectivity index (χ4n) is 5.13. The predicted molar refractivity (Wildman–Crippen MR) is 137 cm³/mol. The Morgan fingerprint density at radius 2 is 1.49 bits per heavy atom. The number of nitrogens with zero attached hydrogens (tertiary/aromatic N) is 2. The van der Waals surface area contributed by atoms with Crippen LogP contribution in [0.25, 0.3) is 0 Å². The number of rotatable bonds is 13. The molecule has 3 amide bonds. The van der Waals surface area contributed by atoms with Crippen LogP contribution < -0.4 is 5.32 Å². The van der Waals surface area contributed by atoms with Crippen molar-refractivity contribution in [3.8, 4) is 0 Å². The Morgan fingerprint density at radius 1 is 0.857 bits per heavy atom. The van der Waals surface area contributed by atoms with Gasteiger partial charge in [0.25, 0.3) is 0 Å². The number of nitrogens with one attached hydrogen (secondary N) is 1. The van der Waals surface area contributed by atoms with Crippen LogP contribution in [0, 0.1) is 0 Å². The van der Waals surface area contributed by atoms with Gasteiger partial charge in [-0.15, -0.1) is 0 Å². The van der Waals surface area contributed by atoms with E-state index in [1.807, 2.05) is 30.3 Å². The van der Waals surface area contributed by atoms with Crippen LogP contribution in [0.15, 0.2) is 30.3 Å². The Hall–Kier alpha value is -2.57. The van der Waals surface area contributed by atoms with E-state index in [4.69, 9.17) is 4.74 Å². The summed E-state index contributed by atoms with van der Waals surface area (Å²) in [7, 11) is 0. The molecular formula is C28H43N3O4. The molecule has 0 spiro atoms. The molecule has 2 fully saturated rings. The van der Waals surface area contributed by atoms with Gasteiger partial charge < -0.3 is 15.0 Å². The monoisotopic (exact) mass is 485 g/mol. The minimum atomic E-state index is -0.542. The first-order chi connectivity index (χ1) is 17.1. The lowest BCUT2D eigenvalue weighted by Gasteiger charge is -2.30. The summed E-state index contributed by atoms with van der Waals surface area (Å²) in [5.41, 5.74) is 0.913. The second-order valence-electron chi connectivity index (χ2n) is 9.85. The maximum absolute atomic E-state index is 13.4. The third kappa shape index (κ3) is 8.25. The standard InChI is InChI=1S/C28H43N3O4/c1-2-3-4-5-6-7-8-12-19-29-26(32)24-17-13-20-30(24)27(33)25-18-14-21-31(25)28(34)35-22-23-15-10-9-11-16-23/h9-11,15-16,24-25H,2-8,12-14,17-22H2,1H3,(H,29,32)/t24-,25-/m0/s1. The van der Waals surface area contributed by atoms with Crippen LogP contribution >= 0.6 is 0 Å². The van der Waals surface area contributed by atoms with E-state index < -0.39 is 18.2 Å². The zero-order chi connectivity index (χ0) is 24.9. The van der Waals surface area contributed by atoms with Crippen molar-refractivity contribution in [3.05, 3.63) is 35.9 Å². The number of unbranched alkanes of at least 4 members (excludes halogenated alkanes) is 7. The lowest BCUT2D eigenvalue weighted by Crippen LogP contribution is -2.53. The van der Waals surface area contributed by atoms with Crippen molar-refractivity contribution in [1.82, 2.24) is 15.1 Å². The number of carbonyl (C=O) groups excluding carboxylic acids is 3. The summed E-state index contributed by atoms with van der Waals surface area (Å²) in [5, 5.41) is 3.05. The molecular weight excluding hydrogens is 442 g/mol. The summed E-state index contributed by atoms with van der Waals surface area (Å²) in [6.45, 7) is 4.15. The van der Waals surface area contributed by atoms with E-state index >= 15 is 0 Å². The molecule has 0 radical (unpaired) electrons. The molecule has 1 aromatic carbocycles. The Kier molecular flexibility index (Phi) is 11.4. The van der Waals surface area contributed by atoms with Gasteiger partial charge in [-0.3, -0.25) is 14.5 Å². The summed E-state index contributed by atoms with van der Waals surface area (Å²) < 4.78 is 5.48. The van der Waals surface area contributed by atoms with Gasteiger partial charge in [-0.1, -0.05) is 82.2 Å². The second kappa shape index (κ2) is 14.7. The Labute approximate surface area is 210 Å². The van der Waals surface area contributed by atoms with Gasteiger partial charge in [0.15, 0.2) is 0 Å². The number of ether oxygens (including phenoxy) is 1. The van der Waals surface area contributed by atoms with E-state index in [1.165, 1.54) is 38.5 Å². The maximum Gasteiger partial charge on any atom is 0.410 e. The van der Waals surface area contributed by atoms with Crippen molar-refractivity contribution >= 4 is 17.9 Å². The second-order valence-corrected chi connectivity index (χ2v) is 9.85. The molecule has 7 heteroatoms. The molecule has 1 aromatic rings. The molecule has 2 aliphatic rings. The zero-order valence-electron chi connectivity index (χ0n) is 21.4. The van der Waals surface area contributed by atoms with E-state index in [-0.39, 0.29) is 18.4 Å². The van der Waals surface area contributed by atoms with Crippen molar-refractivity contribution in [1.29, 1.82) is 0 Å². The molecule has 0 aliphatic carbocycles. The number of carbonyl (C=O) groups is 3. The average molecular weight is 486 g/mol. The third-order valence-corrected chi connectivity index (χ3v) is 7.15. The van der Waals surface area contributed by atoms with Crippen molar-refractivity contribution in [2.75, 3.05) is 19.6 Å². The van der Waals surface area contributed by atoms with Gasteiger partial charge in [0.1, 0.15) is 18.7 Å². The van der Waals surface area contributed by atoms with E-state index in [2.05, 4.69) is 12.2 Å². The van der Waals surface area contributed by atoms with Crippen LogP contribution in [0.1, 0.15) is 89.5 Å². The highest BCUT2D eigenvalue weighted by atomic mass is 16.6. The lowest BCUT2D eigenvalue weighted by molar-refractivity contribution is -0.141. The molecule has 1 N–H and O–H groups in total. The Bertz CT molecular complexity index is 801. The van der Waals surface area contributed by atoms with Gasteiger partial charge in [-0.2, -0.15) is 0 Å². The first-order valence-electron chi connectivity index (χ1n) is 13.7. The van der Waals surface area contributed by atoms with Crippen molar-refractivity contribution in [3.63, 3.8) is 0 Å². The van der Waals surface area contributed by atoms with Gasteiger partial charge in [0.2, 0.25) is 11.8 Å². The first-order valence-corrected chi connectivity index (χ1v) is 13.7. The van der Waals surface area contributed by atoms with Crippen LogP contribution in [-0.4, -0.2) is 59.4 Å². The Balaban J connectivity index is 1.41. The quantitative estimate of drug-likeness (QED) is 0.397. The van der Waals surface area contributed by atoms with E-state index in [9.17, 15) is 14.4 Å². The lowest BCUT2D eigenvalue weighted by atomic mass is 10.1. The average Bonchev–Trinajstić information content (AvgIpc) is 3.57. The molecule has 2 saturated heterocycles. The summed E-state index contributed by atoms with van der Waals surface area (Å²) in [6, 6.07) is 8.55. The van der Waals surface area contributed by atoms with E-state index in [0.29, 0.717) is 32.5 Å². The number of likely N-dealkylation sites (tertiary alicyclic amines) is 2. The first kappa shape index (κ1) is 27.0. The van der Waals surface area contributed by atoms with E-state index in [1.54, 1.807) is 9.80 Å². The third-order valence-electron chi connectivity index (χ3n) is 7.15. The van der Waals surface area contributed by atoms with Gasteiger partial charge in [0.05, 0.1) is 0 Å². The van der Waals surface area contributed by atoms with Gasteiger partial charge in [0, 0.05) is 19.6 Å². The topological polar surface area (TPSA) is 79.0 Å². The summed E-state index contributed by atoms with van der Waals surface area (Å²) >= 11 is 0. The SMILES string of the molecule is CCCCCCCCCCNC(=O)[C@@H]1CCCN1C(=O)[C@@H]1CCCN1C(=O)OCc1ccccc1. The number of hydrogen-bond donors (Lipinski definition) is 1. The van der Waals surface area contributed by atoms with Gasteiger partial charge >= 0.3 is 6.09 Å². The summed E-state index contributed by atoms with van der Waals surface area (Å²) in [6.07, 6.45) is 12.2. The highest BCUT2D eigenvalue weighted by molar-refractivity contribution is 5.92. The van der Waals surface area contributed by atoms with Crippen LogP contribution in [0.5, 0.6) is 0 Å². The van der Waals surface area contributed by atoms with Crippen LogP contribution in [0.2, 0.25) is 0 Å². The van der Waals surface area contributed by atoms with E-state index in [0.717, 1.165) is 31.2 Å². The molecule has 3 rings (SSSR count). The molecule has 2 heterocycles. The molecule has 2 aliphatic heterocycles. The molecule has 0 saturated carbocycles. The van der Waals surface area contributed by atoms with Crippen molar-refractivity contribution in [2.24, 2.45) is 0 Å². The number of hydrogen-bond acceptors (Lipinski definition) is 4. The number of benzene rings is 1. The minimum Gasteiger partial charge on any atom is -0.445 e. The number of amides is 3. The normalized spacial score (nSPS) is 19.7. The predicted octanol–water partition coefficient (Wildman–Crippen LogP) is 5.04. The molecule has 0 unspecified atom stereocenters. The highest BCUT2D eigenvalue weighted by Gasteiger charge is 2.42. The largest absolute Gasteiger partial charge is 0.445 e. The summed E-state index contributed by atoms with van der Waals surface area (Å²) in [5.74, 6) is -0.182. The van der Waals surface area contributed by atoms with Crippen molar-refractivity contribution < 1.29 is 19.1 Å². The molecule has 2 atom stereocenters. The minimum absolute atomic E-state index is 0.0602. The molecule has 35 heavy (non-hydrogen) atoms. The van der Waals surface area contributed by atoms with Crippen LogP contribution in [0.3, 0.4) is 0 Å². The zero-order valence-corrected chi connectivity index (χ0v) is 21.4. The maximum atomic E-state index is 13.4. The molecule has 194 valence electrons. The van der Waals surface area contributed by atoms with Crippen LogP contribution in [-0.2, 0) is 20.9 Å². The van der Waals surface area contributed by atoms with Crippen LogP contribution in [0.4, 0.5) is 4.79 Å². The molecule has 0 aromatic heterocycles. The van der Waals surface area contributed by atoms with Gasteiger partial charge in [-0.25, -0.2) is 4.79 Å².